The van der Waals surface area contributed by atoms with Gasteiger partial charge in [0, 0.05) is 14.8 Å². The quantitative estimate of drug-likeness (QED) is 0.650. The predicted molar refractivity (Wildman–Crippen MR) is 69.7 cm³/mol. The number of nitrogens with two attached hydrogens (primary N) is 1. The third-order valence-electron chi connectivity index (χ3n) is 2.43. The highest BCUT2D eigenvalue weighted by atomic mass is 35.5. The van der Waals surface area contributed by atoms with Crippen LogP contribution in [0.1, 0.15) is 21.4 Å². The third-order valence-corrected chi connectivity index (χ3v) is 3.84. The van der Waals surface area contributed by atoms with Gasteiger partial charge in [0.15, 0.2) is 0 Å². The summed E-state index contributed by atoms with van der Waals surface area (Å²) in [5.74, 6) is 5.61. The highest BCUT2D eigenvalue weighted by Crippen LogP contribution is 2.31. The van der Waals surface area contributed by atoms with Gasteiger partial charge in [0.1, 0.15) is 0 Å². The Kier molecular flexibility index (Phi) is 3.61. The number of hydrogen-bond acceptors (Lipinski definition) is 3. The first-order valence-corrected chi connectivity index (χ1v) is 6.18. The topological polar surface area (TPSA) is 38.0 Å². The molecule has 1 aromatic heterocycles. The van der Waals surface area contributed by atoms with Crippen molar-refractivity contribution in [2.24, 2.45) is 5.84 Å². The van der Waals surface area contributed by atoms with Crippen molar-refractivity contribution in [1.29, 1.82) is 0 Å². The molecular weight excluding hydrogens is 240 g/mol. The average molecular weight is 253 g/mol. The van der Waals surface area contributed by atoms with Crippen molar-refractivity contribution >= 4 is 22.9 Å². The van der Waals surface area contributed by atoms with Gasteiger partial charge in [0.05, 0.1) is 6.04 Å². The van der Waals surface area contributed by atoms with E-state index in [1.807, 2.05) is 24.3 Å². The first-order chi connectivity index (χ1) is 7.72. The van der Waals surface area contributed by atoms with Gasteiger partial charge in [0.25, 0.3) is 0 Å². The van der Waals surface area contributed by atoms with Crippen LogP contribution in [0.4, 0.5) is 0 Å². The van der Waals surface area contributed by atoms with E-state index in [2.05, 4.69) is 24.5 Å². The van der Waals surface area contributed by atoms with Crippen molar-refractivity contribution in [3.63, 3.8) is 0 Å². The summed E-state index contributed by atoms with van der Waals surface area (Å²) >= 11 is 7.89. The highest BCUT2D eigenvalue weighted by molar-refractivity contribution is 7.12. The zero-order valence-corrected chi connectivity index (χ0v) is 10.5. The zero-order valence-electron chi connectivity index (χ0n) is 8.91. The van der Waals surface area contributed by atoms with Gasteiger partial charge in [-0.3, -0.25) is 5.84 Å². The summed E-state index contributed by atoms with van der Waals surface area (Å²) in [6.45, 7) is 2.08. The minimum atomic E-state index is -0.0348. The van der Waals surface area contributed by atoms with E-state index in [4.69, 9.17) is 17.4 Å². The van der Waals surface area contributed by atoms with Crippen molar-refractivity contribution in [3.05, 3.63) is 56.7 Å². The molecular formula is C12H13ClN2S. The Hall–Kier alpha value is -0.870. The van der Waals surface area contributed by atoms with Crippen molar-refractivity contribution in [2.45, 2.75) is 13.0 Å². The first kappa shape index (κ1) is 11.6. The number of nitrogens with one attached hydrogen (secondary N) is 1. The zero-order chi connectivity index (χ0) is 11.5. The Morgan fingerprint density at radius 3 is 2.56 bits per heavy atom. The van der Waals surface area contributed by atoms with Gasteiger partial charge >= 0.3 is 0 Å². The van der Waals surface area contributed by atoms with E-state index in [1.165, 1.54) is 9.75 Å². The number of hydrogen-bond donors (Lipinski definition) is 2. The minimum absolute atomic E-state index is 0.0348. The maximum atomic E-state index is 6.16. The molecule has 3 N–H and O–H groups in total. The molecule has 0 saturated carbocycles. The number of rotatable bonds is 3. The smallest absolute Gasteiger partial charge is 0.0816 e. The number of thiophene rings is 1. The Balaban J connectivity index is 2.40. The molecule has 0 spiro atoms. The second-order valence-corrected chi connectivity index (χ2v) is 5.30. The first-order valence-electron chi connectivity index (χ1n) is 4.99. The fourth-order valence-corrected chi connectivity index (χ4v) is 2.84. The number of hydrazine groups is 1. The molecule has 84 valence electrons. The molecule has 1 unspecified atom stereocenters. The van der Waals surface area contributed by atoms with Crippen LogP contribution in [-0.2, 0) is 0 Å². The molecule has 0 aliphatic carbocycles. The Labute approximate surface area is 104 Å². The van der Waals surface area contributed by atoms with Crippen LogP contribution in [0.15, 0.2) is 36.4 Å². The van der Waals surface area contributed by atoms with E-state index in [1.54, 1.807) is 11.3 Å². The lowest BCUT2D eigenvalue weighted by molar-refractivity contribution is 0.647. The molecule has 2 aromatic rings. The molecule has 1 atom stereocenters. The Morgan fingerprint density at radius 2 is 2.00 bits per heavy atom. The molecule has 0 amide bonds. The van der Waals surface area contributed by atoms with E-state index < -0.39 is 0 Å². The normalized spacial score (nSPS) is 12.7. The molecule has 0 saturated heterocycles. The van der Waals surface area contributed by atoms with E-state index in [0.717, 1.165) is 10.6 Å². The Bertz CT molecular complexity index is 481. The second kappa shape index (κ2) is 4.97. The van der Waals surface area contributed by atoms with Crippen LogP contribution < -0.4 is 11.3 Å². The maximum absolute atomic E-state index is 6.16. The lowest BCUT2D eigenvalue weighted by Gasteiger charge is -2.15. The molecule has 0 aliphatic rings. The van der Waals surface area contributed by atoms with Crippen molar-refractivity contribution in [3.8, 4) is 0 Å². The molecule has 1 aromatic carbocycles. The van der Waals surface area contributed by atoms with Crippen molar-refractivity contribution < 1.29 is 0 Å². The summed E-state index contributed by atoms with van der Waals surface area (Å²) in [7, 11) is 0. The van der Waals surface area contributed by atoms with Crippen molar-refractivity contribution in [1.82, 2.24) is 5.43 Å². The van der Waals surface area contributed by atoms with Gasteiger partial charge < -0.3 is 0 Å². The fourth-order valence-electron chi connectivity index (χ4n) is 1.64. The van der Waals surface area contributed by atoms with Crippen LogP contribution in [0.2, 0.25) is 5.02 Å². The molecule has 16 heavy (non-hydrogen) atoms. The monoisotopic (exact) mass is 252 g/mol. The van der Waals surface area contributed by atoms with Crippen LogP contribution in [0.5, 0.6) is 0 Å². The lowest BCUT2D eigenvalue weighted by Crippen LogP contribution is -2.28. The van der Waals surface area contributed by atoms with E-state index in [-0.39, 0.29) is 6.04 Å². The molecule has 2 rings (SSSR count). The summed E-state index contributed by atoms with van der Waals surface area (Å²) < 4.78 is 0. The average Bonchev–Trinajstić information content (AvgIpc) is 2.69. The van der Waals surface area contributed by atoms with E-state index in [0.29, 0.717) is 0 Å². The molecule has 4 heteroatoms. The van der Waals surface area contributed by atoms with Crippen molar-refractivity contribution in [2.75, 3.05) is 0 Å². The second-order valence-electron chi connectivity index (χ2n) is 3.57. The van der Waals surface area contributed by atoms with Gasteiger partial charge in [-0.1, -0.05) is 29.8 Å². The van der Waals surface area contributed by atoms with Crippen LogP contribution in [0.3, 0.4) is 0 Å². The Morgan fingerprint density at radius 1 is 1.25 bits per heavy atom. The summed E-state index contributed by atoms with van der Waals surface area (Å²) in [6, 6.07) is 11.9. The summed E-state index contributed by atoms with van der Waals surface area (Å²) in [5, 5.41) is 0.733. The molecule has 0 radical (unpaired) electrons. The van der Waals surface area contributed by atoms with Gasteiger partial charge in [-0.05, 0) is 30.7 Å². The molecule has 0 bridgehead atoms. The lowest BCUT2D eigenvalue weighted by atomic mass is 10.1. The van der Waals surface area contributed by atoms with Crippen LogP contribution in [0.25, 0.3) is 0 Å². The van der Waals surface area contributed by atoms with E-state index >= 15 is 0 Å². The fraction of sp³-hybridized carbons (Fsp3) is 0.167. The molecule has 1 heterocycles. The highest BCUT2D eigenvalue weighted by Gasteiger charge is 2.16. The largest absolute Gasteiger partial charge is 0.271 e. The van der Waals surface area contributed by atoms with Gasteiger partial charge in [-0.25, -0.2) is 5.43 Å². The van der Waals surface area contributed by atoms with Gasteiger partial charge in [0.2, 0.25) is 0 Å². The molecule has 0 aliphatic heterocycles. The van der Waals surface area contributed by atoms with Crippen LogP contribution in [0, 0.1) is 6.92 Å². The summed E-state index contributed by atoms with van der Waals surface area (Å²) in [4.78, 5) is 2.44. The summed E-state index contributed by atoms with van der Waals surface area (Å²) in [6.07, 6.45) is 0. The minimum Gasteiger partial charge on any atom is -0.271 e. The number of benzene rings is 1. The summed E-state index contributed by atoms with van der Waals surface area (Å²) in [5.41, 5.74) is 3.82. The van der Waals surface area contributed by atoms with Crippen LogP contribution in [-0.4, -0.2) is 0 Å². The number of halogens is 1. The third kappa shape index (κ3) is 2.28. The van der Waals surface area contributed by atoms with Gasteiger partial charge in [-0.2, -0.15) is 0 Å². The van der Waals surface area contributed by atoms with Gasteiger partial charge in [-0.15, -0.1) is 11.3 Å². The molecule has 2 nitrogen and oxygen atoms in total. The SMILES string of the molecule is Cc1ccc(C(NN)c2ccccc2Cl)s1. The molecule has 0 fully saturated rings. The standard InChI is InChI=1S/C12H13ClN2S/c1-8-6-7-11(16-8)12(15-14)9-4-2-3-5-10(9)13/h2-7,12,15H,14H2,1H3. The van der Waals surface area contributed by atoms with Crippen LogP contribution >= 0.6 is 22.9 Å². The number of aryl methyl sites for hydroxylation is 1. The maximum Gasteiger partial charge on any atom is 0.0816 e. The van der Waals surface area contributed by atoms with E-state index in [9.17, 15) is 0 Å². The predicted octanol–water partition coefficient (Wildman–Crippen LogP) is 3.26.